The lowest BCUT2D eigenvalue weighted by Gasteiger charge is -2.06. The number of ether oxygens (including phenoxy) is 1. The number of benzene rings is 1. The number of H-pyrrole nitrogens is 1. The minimum Gasteiger partial charge on any atom is -0.464 e. The molecule has 0 amide bonds. The van der Waals surface area contributed by atoms with Crippen LogP contribution in [0.1, 0.15) is 16.1 Å². The van der Waals surface area contributed by atoms with Gasteiger partial charge in [-0.05, 0) is 18.6 Å². The number of hydrogen-bond donors (Lipinski definition) is 1. The molecule has 0 aliphatic heterocycles. The Bertz CT molecular complexity index is 661. The third-order valence-electron chi connectivity index (χ3n) is 2.55. The smallest absolute Gasteiger partial charge is 0.354 e. The first-order valence-electron chi connectivity index (χ1n) is 4.95. The third kappa shape index (κ3) is 1.91. The van der Waals surface area contributed by atoms with Gasteiger partial charge in [0, 0.05) is 11.5 Å². The van der Waals surface area contributed by atoms with Crippen molar-refractivity contribution in [3.8, 4) is 0 Å². The lowest BCUT2D eigenvalue weighted by molar-refractivity contribution is 0.0594. The average molecular weight is 252 g/mol. The van der Waals surface area contributed by atoms with E-state index < -0.39 is 5.97 Å². The van der Waals surface area contributed by atoms with E-state index in [1.807, 2.05) is 6.92 Å². The maximum Gasteiger partial charge on any atom is 0.354 e. The van der Waals surface area contributed by atoms with E-state index in [1.54, 1.807) is 12.1 Å². The fraction of sp³-hybridized carbons (Fsp3) is 0.167. The van der Waals surface area contributed by atoms with Crippen molar-refractivity contribution >= 4 is 28.5 Å². The molecule has 0 fully saturated rings. The Morgan fingerprint density at radius 1 is 1.41 bits per heavy atom. The molecule has 1 N–H and O–H groups in total. The topological polar surface area (TPSA) is 59.2 Å². The predicted molar refractivity (Wildman–Crippen MR) is 65.7 cm³/mol. The maximum absolute atomic E-state index is 11.9. The van der Waals surface area contributed by atoms with Crippen molar-refractivity contribution in [1.29, 1.82) is 0 Å². The number of pyridine rings is 1. The molecule has 17 heavy (non-hydrogen) atoms. The Hall–Kier alpha value is -1.81. The number of aromatic nitrogens is 1. The third-order valence-corrected chi connectivity index (χ3v) is 2.86. The predicted octanol–water partition coefficient (Wildman–Crippen LogP) is 2.28. The van der Waals surface area contributed by atoms with Gasteiger partial charge in [0.05, 0.1) is 17.6 Å². The molecular formula is C12H10ClNO3. The highest BCUT2D eigenvalue weighted by Gasteiger charge is 2.12. The van der Waals surface area contributed by atoms with Gasteiger partial charge in [0.25, 0.3) is 0 Å². The van der Waals surface area contributed by atoms with Crippen molar-refractivity contribution in [2.45, 2.75) is 6.92 Å². The number of fused-ring (bicyclic) bond motifs is 1. The number of rotatable bonds is 1. The van der Waals surface area contributed by atoms with Crippen LogP contribution in [0.15, 0.2) is 23.0 Å². The van der Waals surface area contributed by atoms with E-state index in [-0.39, 0.29) is 11.1 Å². The molecule has 0 radical (unpaired) electrons. The van der Waals surface area contributed by atoms with Crippen LogP contribution in [0.2, 0.25) is 5.02 Å². The maximum atomic E-state index is 11.9. The van der Waals surface area contributed by atoms with E-state index in [9.17, 15) is 9.59 Å². The largest absolute Gasteiger partial charge is 0.464 e. The Balaban J connectivity index is 2.87. The van der Waals surface area contributed by atoms with E-state index in [0.717, 1.165) is 5.56 Å². The van der Waals surface area contributed by atoms with Gasteiger partial charge in [-0.2, -0.15) is 0 Å². The monoisotopic (exact) mass is 251 g/mol. The molecule has 0 aliphatic rings. The number of aromatic amines is 1. The molecule has 2 aromatic rings. The Morgan fingerprint density at radius 2 is 2.12 bits per heavy atom. The van der Waals surface area contributed by atoms with Crippen molar-refractivity contribution in [3.63, 3.8) is 0 Å². The second-order valence-corrected chi connectivity index (χ2v) is 4.06. The van der Waals surface area contributed by atoms with E-state index in [4.69, 9.17) is 11.6 Å². The van der Waals surface area contributed by atoms with Crippen molar-refractivity contribution < 1.29 is 9.53 Å². The standard InChI is InChI=1S/C12H10ClNO3/c1-6-3-4-7(13)11-10(6)9(15)5-8(14-11)12(16)17-2/h3-5H,1-2H3,(H,14,15). The second kappa shape index (κ2) is 4.22. The summed E-state index contributed by atoms with van der Waals surface area (Å²) in [5.74, 6) is -0.596. The second-order valence-electron chi connectivity index (χ2n) is 3.65. The van der Waals surface area contributed by atoms with Crippen molar-refractivity contribution in [2.75, 3.05) is 7.11 Å². The molecule has 0 atom stereocenters. The first kappa shape index (κ1) is 11.7. The Labute approximate surface area is 102 Å². The lowest BCUT2D eigenvalue weighted by Crippen LogP contribution is -2.12. The highest BCUT2D eigenvalue weighted by molar-refractivity contribution is 6.35. The molecule has 0 saturated carbocycles. The minimum atomic E-state index is -0.596. The van der Waals surface area contributed by atoms with E-state index >= 15 is 0 Å². The van der Waals surface area contributed by atoms with Crippen LogP contribution < -0.4 is 5.43 Å². The van der Waals surface area contributed by atoms with Crippen molar-refractivity contribution in [3.05, 3.63) is 44.7 Å². The molecular weight excluding hydrogens is 242 g/mol. The summed E-state index contributed by atoms with van der Waals surface area (Å²) < 4.78 is 4.56. The summed E-state index contributed by atoms with van der Waals surface area (Å²) in [4.78, 5) is 26.1. The zero-order valence-electron chi connectivity index (χ0n) is 9.33. The number of aryl methyl sites for hydroxylation is 1. The van der Waals surface area contributed by atoms with Crippen LogP contribution >= 0.6 is 11.6 Å². The Kier molecular flexibility index (Phi) is 2.90. The molecule has 1 aromatic carbocycles. The van der Waals surface area contributed by atoms with Gasteiger partial charge < -0.3 is 9.72 Å². The highest BCUT2D eigenvalue weighted by Crippen LogP contribution is 2.22. The lowest BCUT2D eigenvalue weighted by atomic mass is 10.1. The number of esters is 1. The van der Waals surface area contributed by atoms with Gasteiger partial charge in [0.1, 0.15) is 5.69 Å². The Morgan fingerprint density at radius 3 is 2.76 bits per heavy atom. The molecule has 4 nitrogen and oxygen atoms in total. The van der Waals surface area contributed by atoms with Crippen LogP contribution in [0, 0.1) is 6.92 Å². The van der Waals surface area contributed by atoms with E-state index in [1.165, 1.54) is 13.2 Å². The van der Waals surface area contributed by atoms with Crippen LogP contribution in [-0.2, 0) is 4.74 Å². The molecule has 2 rings (SSSR count). The van der Waals surface area contributed by atoms with Gasteiger partial charge in [0.15, 0.2) is 5.43 Å². The number of carbonyl (C=O) groups excluding carboxylic acids is 1. The summed E-state index contributed by atoms with van der Waals surface area (Å²) in [6.45, 7) is 1.81. The van der Waals surface area contributed by atoms with Gasteiger partial charge in [-0.1, -0.05) is 17.7 Å². The zero-order chi connectivity index (χ0) is 12.6. The van der Waals surface area contributed by atoms with Crippen LogP contribution in [-0.4, -0.2) is 18.1 Å². The summed E-state index contributed by atoms with van der Waals surface area (Å²) >= 11 is 6.00. The molecule has 0 aliphatic carbocycles. The summed E-state index contributed by atoms with van der Waals surface area (Å²) in [6.07, 6.45) is 0. The number of nitrogens with one attached hydrogen (secondary N) is 1. The van der Waals surface area contributed by atoms with Crippen molar-refractivity contribution in [1.82, 2.24) is 4.98 Å². The molecule has 5 heteroatoms. The number of hydrogen-bond acceptors (Lipinski definition) is 3. The van der Waals surface area contributed by atoms with E-state index in [2.05, 4.69) is 9.72 Å². The molecule has 1 heterocycles. The number of methoxy groups -OCH3 is 1. The number of halogens is 1. The van der Waals surface area contributed by atoms with Gasteiger partial charge >= 0.3 is 5.97 Å². The van der Waals surface area contributed by atoms with Crippen LogP contribution in [0.3, 0.4) is 0 Å². The summed E-state index contributed by atoms with van der Waals surface area (Å²) in [6, 6.07) is 4.66. The van der Waals surface area contributed by atoms with Crippen molar-refractivity contribution in [2.24, 2.45) is 0 Å². The van der Waals surface area contributed by atoms with Gasteiger partial charge in [-0.25, -0.2) is 4.79 Å². The summed E-state index contributed by atoms with van der Waals surface area (Å²) in [7, 11) is 1.25. The van der Waals surface area contributed by atoms with Gasteiger partial charge in [-0.15, -0.1) is 0 Å². The van der Waals surface area contributed by atoms with Crippen LogP contribution in [0.5, 0.6) is 0 Å². The van der Waals surface area contributed by atoms with E-state index in [0.29, 0.717) is 15.9 Å². The number of carbonyl (C=O) groups is 1. The fourth-order valence-corrected chi connectivity index (χ4v) is 1.92. The molecule has 0 bridgehead atoms. The molecule has 0 saturated heterocycles. The van der Waals surface area contributed by atoms with Gasteiger partial charge in [-0.3, -0.25) is 4.79 Å². The minimum absolute atomic E-state index is 0.0949. The first-order chi connectivity index (χ1) is 8.04. The highest BCUT2D eigenvalue weighted by atomic mass is 35.5. The molecule has 0 unspecified atom stereocenters. The fourth-order valence-electron chi connectivity index (χ4n) is 1.72. The molecule has 0 spiro atoms. The van der Waals surface area contributed by atoms with Crippen LogP contribution in [0.4, 0.5) is 0 Å². The first-order valence-corrected chi connectivity index (χ1v) is 5.33. The average Bonchev–Trinajstić information content (AvgIpc) is 2.32. The SMILES string of the molecule is COC(=O)c1cc(=O)c2c(C)ccc(Cl)c2[nH]1. The normalized spacial score (nSPS) is 10.5. The quantitative estimate of drug-likeness (QED) is 0.791. The van der Waals surface area contributed by atoms with Gasteiger partial charge in [0.2, 0.25) is 0 Å². The molecule has 88 valence electrons. The van der Waals surface area contributed by atoms with Crippen LogP contribution in [0.25, 0.3) is 10.9 Å². The summed E-state index contributed by atoms with van der Waals surface area (Å²) in [5, 5.41) is 0.888. The molecule has 1 aromatic heterocycles. The zero-order valence-corrected chi connectivity index (χ0v) is 10.1. The summed E-state index contributed by atoms with van der Waals surface area (Å²) in [5.41, 5.74) is 1.11.